The maximum Gasteiger partial charge on any atom is 0.251 e. The van der Waals surface area contributed by atoms with E-state index >= 15 is 0 Å². The Morgan fingerprint density at radius 1 is 1.04 bits per heavy atom. The molecule has 1 heterocycles. The number of nitrogens with one attached hydrogen (secondary N) is 2. The molecule has 1 amide bonds. The molecule has 5 nitrogen and oxygen atoms in total. The lowest BCUT2D eigenvalue weighted by molar-refractivity contribution is 0.0954. The number of nitrogens with zero attached hydrogens (tertiary/aromatic N) is 1. The van der Waals surface area contributed by atoms with Crippen molar-refractivity contribution in [3.63, 3.8) is 0 Å². The van der Waals surface area contributed by atoms with Gasteiger partial charge in [0.05, 0.1) is 12.3 Å². The van der Waals surface area contributed by atoms with Gasteiger partial charge in [-0.2, -0.15) is 0 Å². The lowest BCUT2D eigenvalue weighted by Gasteiger charge is -2.12. The van der Waals surface area contributed by atoms with Crippen molar-refractivity contribution < 1.29 is 9.53 Å². The number of carbonyl (C=O) groups excluding carboxylic acids is 1. The van der Waals surface area contributed by atoms with Crippen LogP contribution < -0.4 is 15.4 Å². The first-order valence-electron chi connectivity index (χ1n) is 9.03. The van der Waals surface area contributed by atoms with Gasteiger partial charge < -0.3 is 15.4 Å². The number of para-hydroxylation sites is 2. The van der Waals surface area contributed by atoms with Crippen LogP contribution in [-0.4, -0.2) is 24.0 Å². The predicted octanol–water partition coefficient (Wildman–Crippen LogP) is 4.20. The highest BCUT2D eigenvalue weighted by Gasteiger charge is 2.08. The second-order valence-corrected chi connectivity index (χ2v) is 5.98. The molecule has 0 aliphatic heterocycles. The fourth-order valence-corrected chi connectivity index (χ4v) is 2.70. The van der Waals surface area contributed by atoms with Gasteiger partial charge in [0.1, 0.15) is 11.6 Å². The van der Waals surface area contributed by atoms with Gasteiger partial charge in [-0.15, -0.1) is 0 Å². The molecular formula is C22H23N3O2. The maximum atomic E-state index is 12.4. The van der Waals surface area contributed by atoms with Crippen LogP contribution in [0, 0.1) is 0 Å². The molecule has 3 aromatic rings. The Kier molecular flexibility index (Phi) is 6.41. The van der Waals surface area contributed by atoms with Crippen LogP contribution in [0.4, 0.5) is 11.5 Å². The number of rotatable bonds is 8. The quantitative estimate of drug-likeness (QED) is 0.631. The van der Waals surface area contributed by atoms with E-state index in [1.54, 1.807) is 18.3 Å². The van der Waals surface area contributed by atoms with E-state index in [0.29, 0.717) is 24.5 Å². The SMILES string of the molecule is CCOc1ccccc1Nc1cc(C(=O)NCCc2ccccc2)ccn1. The van der Waals surface area contributed by atoms with Crippen molar-refractivity contribution in [2.45, 2.75) is 13.3 Å². The van der Waals surface area contributed by atoms with Gasteiger partial charge in [-0.1, -0.05) is 42.5 Å². The molecule has 2 N–H and O–H groups in total. The van der Waals surface area contributed by atoms with E-state index < -0.39 is 0 Å². The zero-order valence-corrected chi connectivity index (χ0v) is 15.3. The van der Waals surface area contributed by atoms with Crippen LogP contribution >= 0.6 is 0 Å². The molecule has 0 fully saturated rings. The molecule has 3 rings (SSSR count). The second kappa shape index (κ2) is 9.38. The monoisotopic (exact) mass is 361 g/mol. The van der Waals surface area contributed by atoms with Gasteiger partial charge in [0.25, 0.3) is 5.91 Å². The summed E-state index contributed by atoms with van der Waals surface area (Å²) in [5, 5.41) is 6.17. The fraction of sp³-hybridized carbons (Fsp3) is 0.182. The molecule has 0 unspecified atom stereocenters. The van der Waals surface area contributed by atoms with Crippen molar-refractivity contribution in [3.8, 4) is 5.75 Å². The Balaban J connectivity index is 1.62. The van der Waals surface area contributed by atoms with Crippen LogP contribution in [0.1, 0.15) is 22.8 Å². The highest BCUT2D eigenvalue weighted by molar-refractivity contribution is 5.94. The van der Waals surface area contributed by atoms with E-state index in [1.165, 1.54) is 5.56 Å². The Morgan fingerprint density at radius 2 is 1.81 bits per heavy atom. The van der Waals surface area contributed by atoms with Crippen molar-refractivity contribution in [2.24, 2.45) is 0 Å². The molecule has 5 heteroatoms. The second-order valence-electron chi connectivity index (χ2n) is 5.98. The topological polar surface area (TPSA) is 63.2 Å². The molecule has 27 heavy (non-hydrogen) atoms. The highest BCUT2D eigenvalue weighted by atomic mass is 16.5. The number of pyridine rings is 1. The van der Waals surface area contributed by atoms with Gasteiger partial charge in [-0.3, -0.25) is 4.79 Å². The van der Waals surface area contributed by atoms with Crippen LogP contribution in [-0.2, 0) is 6.42 Å². The normalized spacial score (nSPS) is 10.3. The van der Waals surface area contributed by atoms with E-state index in [0.717, 1.165) is 17.9 Å². The maximum absolute atomic E-state index is 12.4. The first-order chi connectivity index (χ1) is 13.3. The van der Waals surface area contributed by atoms with Crippen molar-refractivity contribution in [2.75, 3.05) is 18.5 Å². The molecule has 0 saturated heterocycles. The minimum absolute atomic E-state index is 0.116. The number of carbonyl (C=O) groups is 1. The average Bonchev–Trinajstić information content (AvgIpc) is 2.71. The summed E-state index contributed by atoms with van der Waals surface area (Å²) in [4.78, 5) is 16.7. The lowest BCUT2D eigenvalue weighted by Crippen LogP contribution is -2.25. The number of benzene rings is 2. The summed E-state index contributed by atoms with van der Waals surface area (Å²) >= 11 is 0. The Hall–Kier alpha value is -3.34. The van der Waals surface area contributed by atoms with Crippen molar-refractivity contribution in [3.05, 3.63) is 84.1 Å². The van der Waals surface area contributed by atoms with Gasteiger partial charge in [0.15, 0.2) is 0 Å². The number of hydrogen-bond acceptors (Lipinski definition) is 4. The predicted molar refractivity (Wildman–Crippen MR) is 108 cm³/mol. The molecule has 0 spiro atoms. The summed E-state index contributed by atoms with van der Waals surface area (Å²) in [7, 11) is 0. The third-order valence-electron chi connectivity index (χ3n) is 4.01. The third-order valence-corrected chi connectivity index (χ3v) is 4.01. The zero-order chi connectivity index (χ0) is 18.9. The molecule has 0 aliphatic rings. The zero-order valence-electron chi connectivity index (χ0n) is 15.3. The molecule has 0 radical (unpaired) electrons. The number of anilines is 2. The summed E-state index contributed by atoms with van der Waals surface area (Å²) in [6, 6.07) is 21.2. The summed E-state index contributed by atoms with van der Waals surface area (Å²) in [6.07, 6.45) is 2.42. The Bertz CT molecular complexity index is 881. The molecule has 0 bridgehead atoms. The van der Waals surface area contributed by atoms with Crippen LogP contribution in [0.2, 0.25) is 0 Å². The molecule has 0 atom stereocenters. The summed E-state index contributed by atoms with van der Waals surface area (Å²) in [5.41, 5.74) is 2.57. The van der Waals surface area contributed by atoms with Gasteiger partial charge in [-0.05, 0) is 43.2 Å². The first kappa shape index (κ1) is 18.5. The van der Waals surface area contributed by atoms with Crippen LogP contribution in [0.5, 0.6) is 5.75 Å². The first-order valence-corrected chi connectivity index (χ1v) is 9.03. The smallest absolute Gasteiger partial charge is 0.251 e. The van der Waals surface area contributed by atoms with Crippen LogP contribution in [0.25, 0.3) is 0 Å². The molecular weight excluding hydrogens is 338 g/mol. The largest absolute Gasteiger partial charge is 0.492 e. The fourth-order valence-electron chi connectivity index (χ4n) is 2.70. The van der Waals surface area contributed by atoms with Crippen molar-refractivity contribution in [1.82, 2.24) is 10.3 Å². The summed E-state index contributed by atoms with van der Waals surface area (Å²) in [5.74, 6) is 1.23. The van der Waals surface area contributed by atoms with E-state index in [4.69, 9.17) is 4.74 Å². The van der Waals surface area contributed by atoms with Gasteiger partial charge in [-0.25, -0.2) is 4.98 Å². The summed E-state index contributed by atoms with van der Waals surface area (Å²) < 4.78 is 5.61. The molecule has 2 aromatic carbocycles. The number of amides is 1. The molecule has 0 saturated carbocycles. The highest BCUT2D eigenvalue weighted by Crippen LogP contribution is 2.26. The van der Waals surface area contributed by atoms with Gasteiger partial charge in [0.2, 0.25) is 0 Å². The standard InChI is InChI=1S/C22H23N3O2/c1-2-27-20-11-7-6-10-19(20)25-21-16-18(13-15-23-21)22(26)24-14-12-17-8-4-3-5-9-17/h3-11,13,15-16H,2,12,14H2,1H3,(H,23,25)(H,24,26). The average molecular weight is 361 g/mol. The van der Waals surface area contributed by atoms with Crippen LogP contribution in [0.15, 0.2) is 72.9 Å². The minimum atomic E-state index is -0.116. The van der Waals surface area contributed by atoms with Crippen LogP contribution in [0.3, 0.4) is 0 Å². The van der Waals surface area contributed by atoms with E-state index in [1.807, 2.05) is 49.4 Å². The molecule has 138 valence electrons. The number of aromatic nitrogens is 1. The Morgan fingerprint density at radius 3 is 2.63 bits per heavy atom. The molecule has 0 aliphatic carbocycles. The van der Waals surface area contributed by atoms with E-state index in [9.17, 15) is 4.79 Å². The van der Waals surface area contributed by atoms with Crippen molar-refractivity contribution >= 4 is 17.4 Å². The number of hydrogen-bond donors (Lipinski definition) is 2. The summed E-state index contributed by atoms with van der Waals surface area (Å²) in [6.45, 7) is 3.10. The van der Waals surface area contributed by atoms with Crippen molar-refractivity contribution in [1.29, 1.82) is 0 Å². The van der Waals surface area contributed by atoms with E-state index in [2.05, 4.69) is 27.8 Å². The van der Waals surface area contributed by atoms with Gasteiger partial charge in [0, 0.05) is 18.3 Å². The van der Waals surface area contributed by atoms with E-state index in [-0.39, 0.29) is 5.91 Å². The number of ether oxygens (including phenoxy) is 1. The Labute approximate surface area is 159 Å². The minimum Gasteiger partial charge on any atom is -0.492 e. The lowest BCUT2D eigenvalue weighted by atomic mass is 10.1. The molecule has 1 aromatic heterocycles. The van der Waals surface area contributed by atoms with Gasteiger partial charge >= 0.3 is 0 Å². The third kappa shape index (κ3) is 5.31.